The number of carbonyl (C=O) groups is 2. The van der Waals surface area contributed by atoms with E-state index in [1.165, 1.54) is 4.90 Å². The fourth-order valence-electron chi connectivity index (χ4n) is 3.10. The zero-order chi connectivity index (χ0) is 21.0. The molecule has 6 nitrogen and oxygen atoms in total. The molecule has 1 heterocycles. The lowest BCUT2D eigenvalue weighted by Crippen LogP contribution is -2.35. The Bertz CT molecular complexity index is 1010. The number of aromatic nitrogens is 2. The molecule has 0 aliphatic rings. The van der Waals surface area contributed by atoms with Crippen molar-refractivity contribution < 1.29 is 9.59 Å². The molecule has 1 N–H and O–H groups in total. The lowest BCUT2D eigenvalue weighted by molar-refractivity contribution is -0.116. The Morgan fingerprint density at radius 1 is 1.10 bits per heavy atom. The second-order valence-electron chi connectivity index (χ2n) is 7.03. The monoisotopic (exact) mass is 410 g/mol. The third kappa shape index (κ3) is 4.66. The van der Waals surface area contributed by atoms with Gasteiger partial charge in [-0.3, -0.25) is 9.59 Å². The molecule has 0 spiro atoms. The maximum Gasteiger partial charge on any atom is 0.257 e. The van der Waals surface area contributed by atoms with Crippen LogP contribution in [0.4, 0.5) is 5.69 Å². The van der Waals surface area contributed by atoms with E-state index in [4.69, 9.17) is 11.6 Å². The topological polar surface area (TPSA) is 67.2 Å². The minimum atomic E-state index is -0.324. The highest BCUT2D eigenvalue weighted by molar-refractivity contribution is 6.33. The van der Waals surface area contributed by atoms with Crippen molar-refractivity contribution in [2.24, 2.45) is 0 Å². The van der Waals surface area contributed by atoms with Gasteiger partial charge in [0, 0.05) is 7.05 Å². The van der Waals surface area contributed by atoms with Crippen molar-refractivity contribution in [1.29, 1.82) is 0 Å². The van der Waals surface area contributed by atoms with E-state index in [-0.39, 0.29) is 24.3 Å². The number of likely N-dealkylation sites (N-methyl/N-ethyl adjacent to an activating group) is 1. The Morgan fingerprint density at radius 2 is 1.76 bits per heavy atom. The fourth-order valence-corrected chi connectivity index (χ4v) is 3.28. The normalized spacial score (nSPS) is 10.8. The highest BCUT2D eigenvalue weighted by atomic mass is 35.5. The van der Waals surface area contributed by atoms with Crippen LogP contribution in [0, 0.1) is 0 Å². The lowest BCUT2D eigenvalue weighted by atomic mass is 10.0. The standard InChI is InChI=1S/C22H23ClN4O2/c1-15(2)21-17(13-24-27(21)16-9-5-4-6-10-16)22(29)26(3)14-20(28)25-19-12-8-7-11-18(19)23/h4-13,15H,14H2,1-3H3,(H,25,28). The van der Waals surface area contributed by atoms with E-state index in [1.54, 1.807) is 42.2 Å². The minimum Gasteiger partial charge on any atom is -0.332 e. The summed E-state index contributed by atoms with van der Waals surface area (Å²) < 4.78 is 1.77. The first-order chi connectivity index (χ1) is 13.9. The molecule has 0 fully saturated rings. The van der Waals surface area contributed by atoms with Gasteiger partial charge in [0.15, 0.2) is 0 Å². The maximum absolute atomic E-state index is 13.0. The molecule has 29 heavy (non-hydrogen) atoms. The van der Waals surface area contributed by atoms with Crippen molar-refractivity contribution in [3.8, 4) is 5.69 Å². The summed E-state index contributed by atoms with van der Waals surface area (Å²) in [5.41, 5.74) is 2.69. The highest BCUT2D eigenvalue weighted by Gasteiger charge is 2.24. The van der Waals surface area contributed by atoms with Gasteiger partial charge >= 0.3 is 0 Å². The molecule has 3 rings (SSSR count). The quantitative estimate of drug-likeness (QED) is 0.656. The average molecular weight is 411 g/mol. The van der Waals surface area contributed by atoms with E-state index in [2.05, 4.69) is 10.4 Å². The van der Waals surface area contributed by atoms with Gasteiger partial charge in [0.2, 0.25) is 5.91 Å². The summed E-state index contributed by atoms with van der Waals surface area (Å²) in [5.74, 6) is -0.511. The Balaban J connectivity index is 1.78. The molecule has 2 aromatic carbocycles. The first-order valence-corrected chi connectivity index (χ1v) is 9.69. The van der Waals surface area contributed by atoms with Crippen LogP contribution < -0.4 is 5.32 Å². The number of benzene rings is 2. The number of hydrogen-bond donors (Lipinski definition) is 1. The number of rotatable bonds is 6. The van der Waals surface area contributed by atoms with E-state index in [0.717, 1.165) is 11.4 Å². The second kappa shape index (κ2) is 8.92. The minimum absolute atomic E-state index is 0.0713. The first-order valence-electron chi connectivity index (χ1n) is 9.31. The number of halogens is 1. The smallest absolute Gasteiger partial charge is 0.257 e. The van der Waals surface area contributed by atoms with Crippen LogP contribution in [0.1, 0.15) is 35.8 Å². The molecule has 0 radical (unpaired) electrons. The van der Waals surface area contributed by atoms with Crippen LogP contribution in [0.3, 0.4) is 0 Å². The number of carbonyl (C=O) groups excluding carboxylic acids is 2. The zero-order valence-corrected chi connectivity index (χ0v) is 17.3. The summed E-state index contributed by atoms with van der Waals surface area (Å²) in [4.78, 5) is 26.8. The molecule has 150 valence electrons. The summed E-state index contributed by atoms with van der Waals surface area (Å²) in [5, 5.41) is 7.60. The predicted molar refractivity (Wildman–Crippen MR) is 115 cm³/mol. The van der Waals surface area contributed by atoms with Crippen molar-refractivity contribution in [1.82, 2.24) is 14.7 Å². The van der Waals surface area contributed by atoms with Gasteiger partial charge in [0.05, 0.1) is 40.4 Å². The van der Waals surface area contributed by atoms with Crippen LogP contribution in [0.15, 0.2) is 60.8 Å². The third-order valence-corrected chi connectivity index (χ3v) is 4.79. The van der Waals surface area contributed by atoms with Crippen LogP contribution in [-0.2, 0) is 4.79 Å². The lowest BCUT2D eigenvalue weighted by Gasteiger charge is -2.19. The molecule has 2 amide bonds. The SMILES string of the molecule is CC(C)c1c(C(=O)N(C)CC(=O)Nc2ccccc2Cl)cnn1-c1ccccc1. The Morgan fingerprint density at radius 3 is 2.41 bits per heavy atom. The molecule has 0 aliphatic carbocycles. The summed E-state index contributed by atoms with van der Waals surface area (Å²) in [6, 6.07) is 16.6. The van der Waals surface area contributed by atoms with Gasteiger partial charge in [-0.15, -0.1) is 0 Å². The molecule has 0 bridgehead atoms. The Kier molecular flexibility index (Phi) is 6.34. The molecule has 0 saturated carbocycles. The average Bonchev–Trinajstić information content (AvgIpc) is 3.15. The molecule has 0 unspecified atom stereocenters. The Hall–Kier alpha value is -3.12. The van der Waals surface area contributed by atoms with Gasteiger partial charge < -0.3 is 10.2 Å². The Labute approximate surface area is 175 Å². The molecular formula is C22H23ClN4O2. The van der Waals surface area contributed by atoms with E-state index in [1.807, 2.05) is 44.2 Å². The number of para-hydroxylation sites is 2. The largest absolute Gasteiger partial charge is 0.332 e. The van der Waals surface area contributed by atoms with Crippen LogP contribution >= 0.6 is 11.6 Å². The summed E-state index contributed by atoms with van der Waals surface area (Å²) >= 11 is 6.07. The summed E-state index contributed by atoms with van der Waals surface area (Å²) in [6.07, 6.45) is 1.56. The van der Waals surface area contributed by atoms with Gasteiger partial charge in [-0.05, 0) is 30.2 Å². The molecule has 0 aliphatic heterocycles. The number of nitrogens with zero attached hydrogens (tertiary/aromatic N) is 3. The molecule has 3 aromatic rings. The van der Waals surface area contributed by atoms with Crippen molar-refractivity contribution >= 4 is 29.1 Å². The molecule has 1 aromatic heterocycles. The second-order valence-corrected chi connectivity index (χ2v) is 7.44. The van der Waals surface area contributed by atoms with Crippen molar-refractivity contribution in [3.05, 3.63) is 77.1 Å². The highest BCUT2D eigenvalue weighted by Crippen LogP contribution is 2.24. The number of anilines is 1. The van der Waals surface area contributed by atoms with E-state index in [9.17, 15) is 9.59 Å². The van der Waals surface area contributed by atoms with Crippen molar-refractivity contribution in [2.75, 3.05) is 18.9 Å². The molecule has 0 atom stereocenters. The summed E-state index contributed by atoms with van der Waals surface area (Å²) in [6.45, 7) is 3.92. The van der Waals surface area contributed by atoms with Gasteiger partial charge in [0.1, 0.15) is 0 Å². The number of nitrogens with one attached hydrogen (secondary N) is 1. The van der Waals surface area contributed by atoms with E-state index < -0.39 is 0 Å². The number of hydrogen-bond acceptors (Lipinski definition) is 3. The van der Waals surface area contributed by atoms with Crippen LogP contribution in [-0.4, -0.2) is 40.1 Å². The fraction of sp³-hybridized carbons (Fsp3) is 0.227. The van der Waals surface area contributed by atoms with Crippen LogP contribution in [0.2, 0.25) is 5.02 Å². The van der Waals surface area contributed by atoms with Crippen LogP contribution in [0.5, 0.6) is 0 Å². The third-order valence-electron chi connectivity index (χ3n) is 4.46. The first kappa shape index (κ1) is 20.6. The van der Waals surface area contributed by atoms with E-state index >= 15 is 0 Å². The summed E-state index contributed by atoms with van der Waals surface area (Å²) in [7, 11) is 1.60. The van der Waals surface area contributed by atoms with E-state index in [0.29, 0.717) is 16.3 Å². The van der Waals surface area contributed by atoms with Gasteiger partial charge in [-0.25, -0.2) is 4.68 Å². The van der Waals surface area contributed by atoms with Crippen LogP contribution in [0.25, 0.3) is 5.69 Å². The van der Waals surface area contributed by atoms with Gasteiger partial charge in [-0.2, -0.15) is 5.10 Å². The number of amides is 2. The zero-order valence-electron chi connectivity index (χ0n) is 16.6. The van der Waals surface area contributed by atoms with Gasteiger partial charge in [0.25, 0.3) is 5.91 Å². The molecular weight excluding hydrogens is 388 g/mol. The predicted octanol–water partition coefficient (Wildman–Crippen LogP) is 4.36. The van der Waals surface area contributed by atoms with Crippen molar-refractivity contribution in [3.63, 3.8) is 0 Å². The van der Waals surface area contributed by atoms with Crippen molar-refractivity contribution in [2.45, 2.75) is 19.8 Å². The maximum atomic E-state index is 13.0. The molecule has 7 heteroatoms. The molecule has 0 saturated heterocycles. The van der Waals surface area contributed by atoms with Gasteiger partial charge in [-0.1, -0.05) is 55.8 Å².